The smallest absolute Gasteiger partial charge is 0.236 e. The summed E-state index contributed by atoms with van der Waals surface area (Å²) in [5, 5.41) is 10.1. The molecule has 0 bridgehead atoms. The first-order valence-corrected chi connectivity index (χ1v) is 9.60. The van der Waals surface area contributed by atoms with Gasteiger partial charge in [-0.25, -0.2) is 9.67 Å². The second kappa shape index (κ2) is 6.64. The monoisotopic (exact) mass is 345 g/mol. The van der Waals surface area contributed by atoms with Crippen LogP contribution in [0, 0.1) is 0 Å². The highest BCUT2D eigenvalue weighted by atomic mass is 32.1. The summed E-state index contributed by atoms with van der Waals surface area (Å²) >= 11 is 1.80. The first-order chi connectivity index (χ1) is 11.7. The van der Waals surface area contributed by atoms with Crippen LogP contribution in [-0.4, -0.2) is 44.7 Å². The first kappa shape index (κ1) is 15.8. The Balaban J connectivity index is 1.30. The van der Waals surface area contributed by atoms with Crippen molar-refractivity contribution in [3.8, 4) is 0 Å². The van der Waals surface area contributed by atoms with Crippen molar-refractivity contribution in [2.45, 2.75) is 51.7 Å². The van der Waals surface area contributed by atoms with Crippen LogP contribution in [0.1, 0.15) is 35.4 Å². The summed E-state index contributed by atoms with van der Waals surface area (Å²) < 4.78 is 2.00. The largest absolute Gasteiger partial charge is 0.337 e. The minimum atomic E-state index is 0.200. The van der Waals surface area contributed by atoms with Gasteiger partial charge in [0.25, 0.3) is 0 Å². The average Bonchev–Trinajstić information content (AvgIpc) is 3.24. The minimum Gasteiger partial charge on any atom is -0.337 e. The van der Waals surface area contributed by atoms with Gasteiger partial charge in [0.05, 0.1) is 13.1 Å². The van der Waals surface area contributed by atoms with Gasteiger partial charge in [-0.2, -0.15) is 5.10 Å². The van der Waals surface area contributed by atoms with Crippen molar-refractivity contribution in [3.05, 3.63) is 33.5 Å². The number of nitrogens with zero attached hydrogens (tertiary/aromatic N) is 4. The topological polar surface area (TPSA) is 63.1 Å². The molecule has 4 rings (SSSR count). The van der Waals surface area contributed by atoms with Crippen molar-refractivity contribution >= 4 is 17.2 Å². The van der Waals surface area contributed by atoms with Gasteiger partial charge in [-0.15, -0.1) is 11.3 Å². The third-order valence-electron chi connectivity index (χ3n) is 4.92. The van der Waals surface area contributed by atoms with E-state index in [9.17, 15) is 4.79 Å². The standard InChI is InChI=1S/C17H23N5OS/c1-2-15-19-16-4-3-13(11-22(16)20-15)18-9-17(23)21-7-5-14-12(10-21)6-8-24-14/h6,8,13,18H,2-5,7,9-11H2,1H3. The lowest BCUT2D eigenvalue weighted by Gasteiger charge is -2.29. The third kappa shape index (κ3) is 3.10. The van der Waals surface area contributed by atoms with Gasteiger partial charge in [0.2, 0.25) is 5.91 Å². The average molecular weight is 345 g/mol. The van der Waals surface area contributed by atoms with Crippen molar-refractivity contribution in [1.29, 1.82) is 0 Å². The zero-order chi connectivity index (χ0) is 16.5. The van der Waals surface area contributed by atoms with Crippen LogP contribution >= 0.6 is 11.3 Å². The lowest BCUT2D eigenvalue weighted by molar-refractivity contribution is -0.131. The predicted octanol–water partition coefficient (Wildman–Crippen LogP) is 1.39. The third-order valence-corrected chi connectivity index (χ3v) is 5.94. The molecule has 1 unspecified atom stereocenters. The summed E-state index contributed by atoms with van der Waals surface area (Å²) in [5.41, 5.74) is 1.32. The fourth-order valence-corrected chi connectivity index (χ4v) is 4.37. The van der Waals surface area contributed by atoms with Gasteiger partial charge >= 0.3 is 0 Å². The lowest BCUT2D eigenvalue weighted by Crippen LogP contribution is -2.45. The fraction of sp³-hybridized carbons (Fsp3) is 0.588. The number of amides is 1. The van der Waals surface area contributed by atoms with Crippen LogP contribution in [0.4, 0.5) is 0 Å². The molecule has 4 heterocycles. The van der Waals surface area contributed by atoms with E-state index >= 15 is 0 Å². The van der Waals surface area contributed by atoms with Crippen LogP contribution in [-0.2, 0) is 37.1 Å². The molecule has 1 N–H and O–H groups in total. The van der Waals surface area contributed by atoms with E-state index in [0.29, 0.717) is 12.6 Å². The molecule has 0 spiro atoms. The number of hydrogen-bond acceptors (Lipinski definition) is 5. The van der Waals surface area contributed by atoms with Gasteiger partial charge in [0.15, 0.2) is 5.82 Å². The number of hydrogen-bond donors (Lipinski definition) is 1. The molecule has 0 aromatic carbocycles. The van der Waals surface area contributed by atoms with E-state index in [1.165, 1.54) is 10.4 Å². The molecule has 0 radical (unpaired) electrons. The Bertz CT molecular complexity index is 737. The number of carbonyl (C=O) groups excluding carboxylic acids is 1. The molecular formula is C17H23N5OS. The molecule has 0 saturated heterocycles. The summed E-state index contributed by atoms with van der Waals surface area (Å²) in [7, 11) is 0. The number of aryl methyl sites for hydroxylation is 2. The van der Waals surface area contributed by atoms with Crippen molar-refractivity contribution in [1.82, 2.24) is 25.0 Å². The molecule has 6 nitrogen and oxygen atoms in total. The molecular weight excluding hydrogens is 322 g/mol. The van der Waals surface area contributed by atoms with E-state index in [0.717, 1.165) is 57.0 Å². The fourth-order valence-electron chi connectivity index (χ4n) is 3.48. The zero-order valence-electron chi connectivity index (χ0n) is 14.0. The number of thiophene rings is 1. The number of carbonyl (C=O) groups is 1. The van der Waals surface area contributed by atoms with E-state index in [4.69, 9.17) is 0 Å². The summed E-state index contributed by atoms with van der Waals surface area (Å²) in [6.45, 7) is 4.90. The van der Waals surface area contributed by atoms with E-state index < -0.39 is 0 Å². The summed E-state index contributed by atoms with van der Waals surface area (Å²) in [5.74, 6) is 2.20. The lowest BCUT2D eigenvalue weighted by atomic mass is 10.1. The summed E-state index contributed by atoms with van der Waals surface area (Å²) in [6, 6.07) is 2.44. The number of rotatable bonds is 4. The summed E-state index contributed by atoms with van der Waals surface area (Å²) in [4.78, 5) is 20.4. The van der Waals surface area contributed by atoms with Crippen LogP contribution in [0.2, 0.25) is 0 Å². The van der Waals surface area contributed by atoms with Crippen LogP contribution in [0.25, 0.3) is 0 Å². The molecule has 1 atom stereocenters. The van der Waals surface area contributed by atoms with Gasteiger partial charge in [0.1, 0.15) is 5.82 Å². The van der Waals surface area contributed by atoms with Crippen LogP contribution in [0.3, 0.4) is 0 Å². The molecule has 0 aliphatic carbocycles. The molecule has 2 aromatic heterocycles. The second-order valence-corrected chi connectivity index (χ2v) is 7.53. The SMILES string of the molecule is CCc1nc2n(n1)CC(NCC(=O)N1CCc3sccc3C1)CC2. The normalized spacial score (nSPS) is 19.9. The highest BCUT2D eigenvalue weighted by Crippen LogP contribution is 2.24. The van der Waals surface area contributed by atoms with E-state index in [1.54, 1.807) is 11.3 Å². The van der Waals surface area contributed by atoms with Crippen LogP contribution in [0.15, 0.2) is 11.4 Å². The maximum absolute atomic E-state index is 12.5. The van der Waals surface area contributed by atoms with Gasteiger partial charge in [-0.3, -0.25) is 4.79 Å². The molecule has 0 saturated carbocycles. The highest BCUT2D eigenvalue weighted by Gasteiger charge is 2.24. The van der Waals surface area contributed by atoms with Gasteiger partial charge in [0, 0.05) is 36.9 Å². The Morgan fingerprint density at radius 3 is 3.25 bits per heavy atom. The Kier molecular flexibility index (Phi) is 4.37. The van der Waals surface area contributed by atoms with Crippen LogP contribution in [0.5, 0.6) is 0 Å². The van der Waals surface area contributed by atoms with Crippen molar-refractivity contribution in [2.24, 2.45) is 0 Å². The van der Waals surface area contributed by atoms with Gasteiger partial charge < -0.3 is 10.2 Å². The van der Waals surface area contributed by atoms with E-state index in [1.807, 2.05) is 9.58 Å². The first-order valence-electron chi connectivity index (χ1n) is 8.72. The van der Waals surface area contributed by atoms with E-state index in [-0.39, 0.29) is 5.91 Å². The van der Waals surface area contributed by atoms with Crippen molar-refractivity contribution in [2.75, 3.05) is 13.1 Å². The predicted molar refractivity (Wildman–Crippen MR) is 93.0 cm³/mol. The van der Waals surface area contributed by atoms with Crippen molar-refractivity contribution < 1.29 is 4.79 Å². The second-order valence-electron chi connectivity index (χ2n) is 6.53. The Hall–Kier alpha value is -1.73. The Morgan fingerprint density at radius 1 is 1.46 bits per heavy atom. The maximum atomic E-state index is 12.5. The maximum Gasteiger partial charge on any atom is 0.236 e. The molecule has 24 heavy (non-hydrogen) atoms. The molecule has 0 fully saturated rings. The highest BCUT2D eigenvalue weighted by molar-refractivity contribution is 7.10. The Morgan fingerprint density at radius 2 is 2.38 bits per heavy atom. The zero-order valence-corrected chi connectivity index (χ0v) is 14.8. The van der Waals surface area contributed by atoms with Crippen LogP contribution < -0.4 is 5.32 Å². The molecule has 2 aliphatic rings. The Labute approximate surface area is 145 Å². The summed E-state index contributed by atoms with van der Waals surface area (Å²) in [6.07, 6.45) is 3.81. The number of nitrogens with one attached hydrogen (secondary N) is 1. The molecule has 2 aliphatic heterocycles. The van der Waals surface area contributed by atoms with Gasteiger partial charge in [-0.05, 0) is 29.9 Å². The quantitative estimate of drug-likeness (QED) is 0.910. The van der Waals surface area contributed by atoms with Crippen molar-refractivity contribution in [3.63, 3.8) is 0 Å². The number of aromatic nitrogens is 3. The minimum absolute atomic E-state index is 0.200. The van der Waals surface area contributed by atoms with Gasteiger partial charge in [-0.1, -0.05) is 6.92 Å². The number of fused-ring (bicyclic) bond motifs is 2. The molecule has 2 aromatic rings. The molecule has 1 amide bonds. The van der Waals surface area contributed by atoms with E-state index in [2.05, 4.69) is 33.8 Å². The molecule has 128 valence electrons. The molecule has 7 heteroatoms.